The van der Waals surface area contributed by atoms with Crippen molar-refractivity contribution in [3.63, 3.8) is 0 Å². The van der Waals surface area contributed by atoms with Crippen molar-refractivity contribution in [1.29, 1.82) is 0 Å². The van der Waals surface area contributed by atoms with Crippen LogP contribution in [-0.4, -0.2) is 72.1 Å². The third-order valence-corrected chi connectivity index (χ3v) is 5.31. The predicted octanol–water partition coefficient (Wildman–Crippen LogP) is 1.70. The van der Waals surface area contributed by atoms with Gasteiger partial charge in [-0.15, -0.1) is 0 Å². The summed E-state index contributed by atoms with van der Waals surface area (Å²) in [5.41, 5.74) is 1.30. The Hall–Kier alpha value is -1.89. The molecule has 0 aromatic heterocycles. The second-order valence-corrected chi connectivity index (χ2v) is 11.7. The lowest BCUT2D eigenvalue weighted by Crippen LogP contribution is -2.50. The Kier molecular flexibility index (Phi) is 7.95. The molecule has 0 N–H and O–H groups in total. The van der Waals surface area contributed by atoms with E-state index in [1.165, 1.54) is 0 Å². The van der Waals surface area contributed by atoms with Crippen molar-refractivity contribution in [1.82, 2.24) is 4.90 Å². The molecule has 1 fully saturated rings. The minimum absolute atomic E-state index is 0.184. The molecule has 0 spiro atoms. The Labute approximate surface area is 184 Å². The Balaban J connectivity index is 2.15. The molecule has 0 saturated carbocycles. The van der Waals surface area contributed by atoms with E-state index in [0.29, 0.717) is 37.3 Å². The lowest BCUT2D eigenvalue weighted by Gasteiger charge is -2.37. The summed E-state index contributed by atoms with van der Waals surface area (Å²) in [4.78, 5) is 15.9. The normalized spacial score (nSPS) is 15.8. The fourth-order valence-electron chi connectivity index (χ4n) is 2.92. The van der Waals surface area contributed by atoms with Gasteiger partial charge in [-0.1, -0.05) is 6.07 Å². The molecule has 10 nitrogen and oxygen atoms in total. The zero-order valence-electron chi connectivity index (χ0n) is 18.5. The Bertz CT molecular complexity index is 938. The molecule has 1 aromatic rings. The number of nitrogens with zero attached hydrogens (tertiary/aromatic N) is 2. The van der Waals surface area contributed by atoms with E-state index in [9.17, 15) is 21.6 Å². The first kappa shape index (κ1) is 25.4. The summed E-state index contributed by atoms with van der Waals surface area (Å²) in [5, 5.41) is 0. The number of benzene rings is 1. The van der Waals surface area contributed by atoms with Crippen molar-refractivity contribution < 1.29 is 34.7 Å². The maximum Gasteiger partial charge on any atom is 0.410 e. The van der Waals surface area contributed by atoms with Gasteiger partial charge in [0.15, 0.2) is 0 Å². The van der Waals surface area contributed by atoms with E-state index < -0.39 is 25.8 Å². The third-order valence-electron chi connectivity index (χ3n) is 4.21. The van der Waals surface area contributed by atoms with Crippen LogP contribution in [-0.2, 0) is 46.6 Å². The van der Waals surface area contributed by atoms with Crippen molar-refractivity contribution in [3.05, 3.63) is 29.3 Å². The highest BCUT2D eigenvalue weighted by Gasteiger charge is 2.26. The van der Waals surface area contributed by atoms with Gasteiger partial charge in [-0.3, -0.25) is 8.37 Å². The van der Waals surface area contributed by atoms with Crippen LogP contribution in [0.1, 0.15) is 31.9 Å². The number of carbonyl (C=O) groups excluding carboxylic acids is 1. The van der Waals surface area contributed by atoms with Crippen LogP contribution in [0, 0.1) is 0 Å². The van der Waals surface area contributed by atoms with Crippen molar-refractivity contribution in [2.75, 3.05) is 43.6 Å². The lowest BCUT2D eigenvalue weighted by molar-refractivity contribution is 0.0240. The molecular weight excluding hydrogens is 448 g/mol. The van der Waals surface area contributed by atoms with Gasteiger partial charge in [0.25, 0.3) is 20.2 Å². The number of anilines is 1. The molecule has 2 rings (SSSR count). The van der Waals surface area contributed by atoms with Crippen LogP contribution >= 0.6 is 0 Å². The molecule has 0 radical (unpaired) electrons. The molecule has 1 aliphatic heterocycles. The Morgan fingerprint density at radius 2 is 1.32 bits per heavy atom. The molecule has 1 aliphatic rings. The quantitative estimate of drug-likeness (QED) is 0.539. The average Bonchev–Trinajstić information content (AvgIpc) is 2.62. The maximum atomic E-state index is 12.3. The van der Waals surface area contributed by atoms with E-state index in [4.69, 9.17) is 13.1 Å². The number of piperazine rings is 1. The lowest BCUT2D eigenvalue weighted by atomic mass is 10.1. The molecule has 12 heteroatoms. The monoisotopic (exact) mass is 478 g/mol. The zero-order valence-corrected chi connectivity index (χ0v) is 20.1. The molecule has 1 heterocycles. The first-order chi connectivity index (χ1) is 14.1. The smallest absolute Gasteiger partial charge is 0.410 e. The van der Waals surface area contributed by atoms with Crippen LogP contribution in [0.2, 0.25) is 0 Å². The van der Waals surface area contributed by atoms with Crippen LogP contribution in [0.4, 0.5) is 10.5 Å². The molecule has 1 amide bonds. The molecule has 1 aromatic carbocycles. The molecule has 0 aliphatic carbocycles. The van der Waals surface area contributed by atoms with Gasteiger partial charge in [0, 0.05) is 31.9 Å². The fourth-order valence-corrected chi connectivity index (χ4v) is 3.62. The van der Waals surface area contributed by atoms with Gasteiger partial charge in [0.05, 0.1) is 25.7 Å². The summed E-state index contributed by atoms with van der Waals surface area (Å²) in [6.07, 6.45) is 1.55. The minimum Gasteiger partial charge on any atom is -0.444 e. The fraction of sp³-hybridized carbons (Fsp3) is 0.632. The minimum atomic E-state index is -3.64. The highest BCUT2D eigenvalue weighted by molar-refractivity contribution is 7.86. The van der Waals surface area contributed by atoms with Gasteiger partial charge >= 0.3 is 6.09 Å². The van der Waals surface area contributed by atoms with Gasteiger partial charge in [0.2, 0.25) is 0 Å². The van der Waals surface area contributed by atoms with Crippen molar-refractivity contribution >= 4 is 32.0 Å². The van der Waals surface area contributed by atoms with Crippen LogP contribution in [0.5, 0.6) is 0 Å². The summed E-state index contributed by atoms with van der Waals surface area (Å²) >= 11 is 0. The first-order valence-electron chi connectivity index (χ1n) is 9.66. The molecule has 1 saturated heterocycles. The average molecular weight is 479 g/mol. The van der Waals surface area contributed by atoms with Gasteiger partial charge in [0.1, 0.15) is 5.60 Å². The summed E-state index contributed by atoms with van der Waals surface area (Å²) in [6, 6.07) is 5.19. The molecule has 31 heavy (non-hydrogen) atoms. The van der Waals surface area contributed by atoms with Crippen molar-refractivity contribution in [2.24, 2.45) is 0 Å². The van der Waals surface area contributed by atoms with Crippen LogP contribution < -0.4 is 4.90 Å². The predicted molar refractivity (Wildman–Crippen MR) is 116 cm³/mol. The van der Waals surface area contributed by atoms with E-state index >= 15 is 0 Å². The molecule has 0 bridgehead atoms. The van der Waals surface area contributed by atoms with Crippen molar-refractivity contribution in [3.8, 4) is 0 Å². The van der Waals surface area contributed by atoms with E-state index in [1.54, 1.807) is 23.1 Å². The molecule has 0 unspecified atom stereocenters. The number of amides is 1. The Morgan fingerprint density at radius 1 is 0.871 bits per heavy atom. The second-order valence-electron chi connectivity index (χ2n) is 8.39. The SMILES string of the molecule is CC(C)(C)OC(=O)N1CCN(c2cc(COS(C)(=O)=O)cc(COS(C)(=O)=O)c2)CC1. The van der Waals surface area contributed by atoms with Crippen LogP contribution in [0.25, 0.3) is 0 Å². The Morgan fingerprint density at radius 3 is 1.71 bits per heavy atom. The second kappa shape index (κ2) is 9.72. The zero-order chi connectivity index (χ0) is 23.4. The van der Waals surface area contributed by atoms with Gasteiger partial charge in [-0.05, 0) is 44.0 Å². The highest BCUT2D eigenvalue weighted by atomic mass is 32.2. The van der Waals surface area contributed by atoms with Crippen LogP contribution in [0.3, 0.4) is 0 Å². The number of hydrogen-bond acceptors (Lipinski definition) is 9. The topological polar surface area (TPSA) is 120 Å². The summed E-state index contributed by atoms with van der Waals surface area (Å²) < 4.78 is 60.5. The molecule has 176 valence electrons. The van der Waals surface area contributed by atoms with Gasteiger partial charge < -0.3 is 14.5 Å². The van der Waals surface area contributed by atoms with E-state index in [2.05, 4.69) is 0 Å². The summed E-state index contributed by atoms with van der Waals surface area (Å²) in [7, 11) is -7.28. The van der Waals surface area contributed by atoms with Crippen LogP contribution in [0.15, 0.2) is 18.2 Å². The van der Waals surface area contributed by atoms with Gasteiger partial charge in [-0.2, -0.15) is 16.8 Å². The molecular formula is C19H30N2O8S2. The van der Waals surface area contributed by atoms with E-state index in [1.807, 2.05) is 25.7 Å². The number of rotatable bonds is 7. The number of ether oxygens (including phenoxy) is 1. The van der Waals surface area contributed by atoms with Gasteiger partial charge in [-0.25, -0.2) is 4.79 Å². The molecule has 0 atom stereocenters. The summed E-state index contributed by atoms with van der Waals surface area (Å²) in [5.74, 6) is 0. The maximum absolute atomic E-state index is 12.3. The van der Waals surface area contributed by atoms with E-state index in [-0.39, 0.29) is 19.3 Å². The van der Waals surface area contributed by atoms with E-state index in [0.717, 1.165) is 18.2 Å². The number of hydrogen-bond donors (Lipinski definition) is 0. The largest absolute Gasteiger partial charge is 0.444 e. The summed E-state index contributed by atoms with van der Waals surface area (Å²) in [6.45, 7) is 7.03. The number of carbonyl (C=O) groups is 1. The standard InChI is InChI=1S/C19H30N2O8S2/c1-19(2,3)29-18(22)21-8-6-20(7-9-21)17-11-15(13-27-30(4,23)24)10-16(12-17)14-28-31(5,25)26/h10-12H,6-9,13-14H2,1-5H3. The van der Waals surface area contributed by atoms with Crippen molar-refractivity contribution in [2.45, 2.75) is 39.6 Å². The first-order valence-corrected chi connectivity index (χ1v) is 13.3. The third kappa shape index (κ3) is 9.42. The highest BCUT2D eigenvalue weighted by Crippen LogP contribution is 2.23.